The summed E-state index contributed by atoms with van der Waals surface area (Å²) in [6, 6.07) is 7.87. The Bertz CT molecular complexity index is 1280. The van der Waals surface area contributed by atoms with Crippen molar-refractivity contribution in [3.05, 3.63) is 39.5 Å². The molecule has 1 aliphatic rings. The van der Waals surface area contributed by atoms with Crippen LogP contribution in [0.15, 0.2) is 39.5 Å². The summed E-state index contributed by atoms with van der Waals surface area (Å²) in [6.45, 7) is 0.291. The summed E-state index contributed by atoms with van der Waals surface area (Å²) in [4.78, 5) is 17.9. The fourth-order valence-corrected chi connectivity index (χ4v) is 7.82. The predicted molar refractivity (Wildman–Crippen MR) is 119 cm³/mol. The Kier molecular flexibility index (Phi) is 6.04. The summed E-state index contributed by atoms with van der Waals surface area (Å²) in [6.07, 6.45) is 1.93. The van der Waals surface area contributed by atoms with Gasteiger partial charge in [0.05, 0.1) is 21.7 Å². The summed E-state index contributed by atoms with van der Waals surface area (Å²) in [5.74, 6) is 0.274. The van der Waals surface area contributed by atoms with Crippen LogP contribution < -0.4 is 9.54 Å². The molecule has 1 amide bonds. The Morgan fingerprint density at radius 2 is 2.03 bits per heavy atom. The summed E-state index contributed by atoms with van der Waals surface area (Å²) in [5.41, 5.74) is 0.925. The molecule has 160 valence electrons. The average Bonchev–Trinajstić information content (AvgIpc) is 3.31. The number of halogens is 1. The van der Waals surface area contributed by atoms with Crippen molar-refractivity contribution < 1.29 is 17.9 Å². The highest BCUT2D eigenvalue weighted by Crippen LogP contribution is 2.32. The second-order valence-corrected chi connectivity index (χ2v) is 11.8. The Balaban J connectivity index is 1.71. The number of carbonyl (C=O) groups excluding carboxylic acids is 1. The van der Waals surface area contributed by atoms with Gasteiger partial charge in [0, 0.05) is 13.6 Å². The Morgan fingerprint density at radius 1 is 1.23 bits per heavy atom. The van der Waals surface area contributed by atoms with Crippen LogP contribution in [0, 0.1) is 0 Å². The zero-order valence-electron chi connectivity index (χ0n) is 16.4. The van der Waals surface area contributed by atoms with Gasteiger partial charge < -0.3 is 9.30 Å². The third-order valence-electron chi connectivity index (χ3n) is 5.07. The Labute approximate surface area is 187 Å². The van der Waals surface area contributed by atoms with Crippen molar-refractivity contribution in [2.75, 3.05) is 13.7 Å². The first-order chi connectivity index (χ1) is 14.3. The molecule has 1 fully saturated rings. The molecule has 0 saturated carbocycles. The second-order valence-electron chi connectivity index (χ2n) is 6.91. The zero-order valence-corrected chi connectivity index (χ0v) is 19.6. The van der Waals surface area contributed by atoms with E-state index in [2.05, 4.69) is 4.99 Å². The number of nitrogens with zero attached hydrogens (tertiary/aromatic N) is 3. The summed E-state index contributed by atoms with van der Waals surface area (Å²) in [5, 5.41) is 0. The number of rotatable bonds is 4. The molecule has 1 saturated heterocycles. The number of carbonyl (C=O) groups is 1. The Morgan fingerprint density at radius 3 is 2.73 bits per heavy atom. The smallest absolute Gasteiger partial charge is 0.266 e. The van der Waals surface area contributed by atoms with Gasteiger partial charge in [0.15, 0.2) is 4.80 Å². The van der Waals surface area contributed by atoms with Gasteiger partial charge in [-0.05, 0) is 43.2 Å². The molecule has 1 aromatic carbocycles. The van der Waals surface area contributed by atoms with E-state index in [1.54, 1.807) is 13.2 Å². The molecule has 0 radical (unpaired) electrons. The highest BCUT2D eigenvalue weighted by molar-refractivity contribution is 7.91. The molecule has 11 heteroatoms. The largest absolute Gasteiger partial charge is 0.497 e. The van der Waals surface area contributed by atoms with Gasteiger partial charge in [-0.2, -0.15) is 9.30 Å². The molecule has 30 heavy (non-hydrogen) atoms. The lowest BCUT2D eigenvalue weighted by molar-refractivity contribution is -0.122. The van der Waals surface area contributed by atoms with Crippen molar-refractivity contribution in [2.45, 2.75) is 29.5 Å². The molecule has 1 atom stereocenters. The first-order valence-corrected chi connectivity index (χ1v) is 12.8. The number of methoxy groups -OCH3 is 1. The summed E-state index contributed by atoms with van der Waals surface area (Å²) in [7, 11) is -0.371. The van der Waals surface area contributed by atoms with Crippen molar-refractivity contribution in [2.24, 2.45) is 12.0 Å². The monoisotopic (exact) mass is 485 g/mol. The molecule has 2 aromatic heterocycles. The van der Waals surface area contributed by atoms with Gasteiger partial charge in [-0.3, -0.25) is 4.79 Å². The van der Waals surface area contributed by atoms with Gasteiger partial charge in [0.2, 0.25) is 0 Å². The predicted octanol–water partition coefficient (Wildman–Crippen LogP) is 3.63. The number of thiophene rings is 1. The molecular weight excluding hydrogens is 466 g/mol. The number of sulfonamides is 1. The maximum Gasteiger partial charge on any atom is 0.266 e. The lowest BCUT2D eigenvalue weighted by Gasteiger charge is -2.31. The summed E-state index contributed by atoms with van der Waals surface area (Å²) < 4.78 is 36.1. The molecule has 0 bridgehead atoms. The van der Waals surface area contributed by atoms with Crippen LogP contribution >= 0.6 is 34.3 Å². The van der Waals surface area contributed by atoms with Gasteiger partial charge in [-0.1, -0.05) is 29.4 Å². The second kappa shape index (κ2) is 8.43. The van der Waals surface area contributed by atoms with E-state index in [9.17, 15) is 13.2 Å². The third kappa shape index (κ3) is 3.94. The van der Waals surface area contributed by atoms with E-state index in [0.29, 0.717) is 28.5 Å². The quantitative estimate of drug-likeness (QED) is 0.565. The number of piperidine rings is 1. The first-order valence-electron chi connectivity index (χ1n) is 9.30. The molecule has 3 aromatic rings. The number of hydrogen-bond acceptors (Lipinski definition) is 6. The lowest BCUT2D eigenvalue weighted by Crippen LogP contribution is -2.47. The number of aromatic nitrogens is 1. The van der Waals surface area contributed by atoms with E-state index in [0.717, 1.165) is 33.7 Å². The molecule has 1 aliphatic heterocycles. The van der Waals surface area contributed by atoms with Crippen molar-refractivity contribution >= 4 is 60.4 Å². The van der Waals surface area contributed by atoms with Crippen LogP contribution in [-0.4, -0.2) is 42.9 Å². The summed E-state index contributed by atoms with van der Waals surface area (Å²) >= 11 is 8.29. The van der Waals surface area contributed by atoms with E-state index in [1.807, 2.05) is 29.8 Å². The van der Waals surface area contributed by atoms with Gasteiger partial charge in [-0.15, -0.1) is 11.3 Å². The van der Waals surface area contributed by atoms with Gasteiger partial charge in [0.1, 0.15) is 16.0 Å². The molecule has 1 unspecified atom stereocenters. The van der Waals surface area contributed by atoms with E-state index >= 15 is 0 Å². The number of aryl methyl sites for hydroxylation is 1. The Hall–Kier alpha value is -1.72. The zero-order chi connectivity index (χ0) is 21.5. The number of ether oxygens (including phenoxy) is 1. The van der Waals surface area contributed by atoms with E-state index in [1.165, 1.54) is 21.7 Å². The van der Waals surface area contributed by atoms with Crippen molar-refractivity contribution in [1.29, 1.82) is 0 Å². The van der Waals surface area contributed by atoms with Crippen LogP contribution in [0.1, 0.15) is 19.3 Å². The lowest BCUT2D eigenvalue weighted by atomic mass is 10.0. The standard InChI is InChI=1S/C19H20ClN3O4S3/c1-22-13-7-6-12(27-2)11-15(13)28-19(22)21-18(24)14-5-3-4-10-23(14)30(25,26)17-9-8-16(20)29-17/h6-9,11,14H,3-5,10H2,1-2H3. The van der Waals surface area contributed by atoms with Gasteiger partial charge in [0.25, 0.3) is 15.9 Å². The van der Waals surface area contributed by atoms with Crippen LogP contribution in [0.5, 0.6) is 5.75 Å². The molecule has 0 N–H and O–H groups in total. The third-order valence-corrected chi connectivity index (χ3v) is 9.77. The number of thiazole rings is 1. The topological polar surface area (TPSA) is 81.0 Å². The molecule has 3 heterocycles. The minimum Gasteiger partial charge on any atom is -0.497 e. The van der Waals surface area contributed by atoms with E-state index in [-0.39, 0.29) is 4.21 Å². The fraction of sp³-hybridized carbons (Fsp3) is 0.368. The number of hydrogen-bond donors (Lipinski definition) is 0. The maximum absolute atomic E-state index is 13.1. The normalized spacial score (nSPS) is 18.8. The van der Waals surface area contributed by atoms with Crippen LogP contribution in [0.25, 0.3) is 10.2 Å². The van der Waals surface area contributed by atoms with Crippen molar-refractivity contribution in [1.82, 2.24) is 8.87 Å². The minimum absolute atomic E-state index is 0.145. The molecular formula is C19H20ClN3O4S3. The SMILES string of the molecule is COc1ccc2c(c1)sc(=NC(=O)C1CCCCN1S(=O)(=O)c1ccc(Cl)s1)n2C. The molecule has 4 rings (SSSR count). The average molecular weight is 486 g/mol. The van der Waals surface area contributed by atoms with Crippen LogP contribution in [0.2, 0.25) is 4.34 Å². The van der Waals surface area contributed by atoms with Crippen molar-refractivity contribution in [3.8, 4) is 5.75 Å². The maximum atomic E-state index is 13.1. The molecule has 7 nitrogen and oxygen atoms in total. The minimum atomic E-state index is -3.80. The van der Waals surface area contributed by atoms with Crippen LogP contribution in [-0.2, 0) is 21.9 Å². The van der Waals surface area contributed by atoms with Crippen LogP contribution in [0.4, 0.5) is 0 Å². The van der Waals surface area contributed by atoms with Crippen LogP contribution in [0.3, 0.4) is 0 Å². The number of fused-ring (bicyclic) bond motifs is 1. The van der Waals surface area contributed by atoms with Gasteiger partial charge in [-0.25, -0.2) is 8.42 Å². The molecule has 0 spiro atoms. The van der Waals surface area contributed by atoms with E-state index < -0.39 is 22.0 Å². The van der Waals surface area contributed by atoms with Gasteiger partial charge >= 0.3 is 0 Å². The highest BCUT2D eigenvalue weighted by Gasteiger charge is 2.38. The van der Waals surface area contributed by atoms with Crippen molar-refractivity contribution in [3.63, 3.8) is 0 Å². The highest BCUT2D eigenvalue weighted by atomic mass is 35.5. The fourth-order valence-electron chi connectivity index (χ4n) is 3.51. The number of amides is 1. The van der Waals surface area contributed by atoms with E-state index in [4.69, 9.17) is 16.3 Å². The number of benzene rings is 1. The molecule has 0 aliphatic carbocycles. The first kappa shape index (κ1) is 21.5.